The van der Waals surface area contributed by atoms with Crippen molar-refractivity contribution in [2.75, 3.05) is 6.54 Å². The van der Waals surface area contributed by atoms with E-state index < -0.39 is 18.8 Å². The quantitative estimate of drug-likeness (QED) is 0.301. The number of aromatic nitrogens is 1. The number of aliphatic hydroxyl groups excluding tert-OH is 1. The van der Waals surface area contributed by atoms with Crippen molar-refractivity contribution < 1.29 is 23.0 Å². The Kier molecular flexibility index (Phi) is 7.58. The van der Waals surface area contributed by atoms with Gasteiger partial charge in [0.1, 0.15) is 11.5 Å². The van der Waals surface area contributed by atoms with Gasteiger partial charge in [0.25, 0.3) is 0 Å². The van der Waals surface area contributed by atoms with Crippen molar-refractivity contribution in [2.24, 2.45) is 7.05 Å². The third-order valence-corrected chi connectivity index (χ3v) is 5.67. The number of aliphatic hydroxyl groups is 1. The SMILES string of the molecule is Cn1cccc1-c1cccc(CN(Cc2cccc(Oc3ccccc3)c2)CC(O)C(F)(F)F)c1. The van der Waals surface area contributed by atoms with Gasteiger partial charge in [-0.15, -0.1) is 0 Å². The molecule has 0 radical (unpaired) electrons. The zero-order valence-corrected chi connectivity index (χ0v) is 19.3. The van der Waals surface area contributed by atoms with Gasteiger partial charge in [0, 0.05) is 38.6 Å². The number of ether oxygens (including phenoxy) is 1. The smallest absolute Gasteiger partial charge is 0.415 e. The van der Waals surface area contributed by atoms with E-state index >= 15 is 0 Å². The minimum atomic E-state index is -4.69. The maximum Gasteiger partial charge on any atom is 0.415 e. The molecule has 4 aromatic rings. The molecule has 1 aromatic heterocycles. The van der Waals surface area contributed by atoms with Crippen molar-refractivity contribution >= 4 is 0 Å². The molecule has 0 aliphatic rings. The Balaban J connectivity index is 1.55. The van der Waals surface area contributed by atoms with Crippen molar-refractivity contribution in [3.63, 3.8) is 0 Å². The van der Waals surface area contributed by atoms with Crippen LogP contribution in [0.5, 0.6) is 11.5 Å². The number of nitrogens with zero attached hydrogens (tertiary/aromatic N) is 2. The van der Waals surface area contributed by atoms with E-state index in [1.54, 1.807) is 17.0 Å². The standard InChI is InChI=1S/C28H27F3N2O2/c1-32-15-7-14-26(32)23-10-5-8-21(16-23)18-33(20-27(34)28(29,30)31)19-22-9-6-13-25(17-22)35-24-11-3-2-4-12-24/h2-17,27,34H,18-20H2,1H3. The van der Waals surface area contributed by atoms with Crippen LogP contribution in [-0.4, -0.2) is 33.4 Å². The average molecular weight is 481 g/mol. The second-order valence-corrected chi connectivity index (χ2v) is 8.49. The van der Waals surface area contributed by atoms with Crippen LogP contribution in [0, 0.1) is 0 Å². The molecule has 0 saturated heterocycles. The van der Waals surface area contributed by atoms with E-state index in [1.807, 2.05) is 96.7 Å². The van der Waals surface area contributed by atoms with Crippen molar-refractivity contribution in [1.82, 2.24) is 9.47 Å². The van der Waals surface area contributed by atoms with Gasteiger partial charge in [-0.05, 0) is 59.2 Å². The average Bonchev–Trinajstić information content (AvgIpc) is 3.25. The Labute approximate surface area is 202 Å². The zero-order valence-electron chi connectivity index (χ0n) is 19.3. The summed E-state index contributed by atoms with van der Waals surface area (Å²) in [6.07, 6.45) is -5.19. The van der Waals surface area contributed by atoms with E-state index in [0.717, 1.165) is 22.4 Å². The number of hydrogen-bond acceptors (Lipinski definition) is 3. The van der Waals surface area contributed by atoms with Crippen LogP contribution in [0.2, 0.25) is 0 Å². The number of rotatable bonds is 9. The molecule has 0 aliphatic heterocycles. The van der Waals surface area contributed by atoms with Crippen LogP contribution < -0.4 is 4.74 Å². The van der Waals surface area contributed by atoms with Gasteiger partial charge < -0.3 is 14.4 Å². The Bertz CT molecular complexity index is 1240. The van der Waals surface area contributed by atoms with Crippen LogP contribution in [0.1, 0.15) is 11.1 Å². The lowest BCUT2D eigenvalue weighted by molar-refractivity contribution is -0.208. The molecule has 1 atom stereocenters. The molecule has 0 saturated carbocycles. The molecule has 0 amide bonds. The second kappa shape index (κ2) is 10.8. The van der Waals surface area contributed by atoms with Gasteiger partial charge >= 0.3 is 6.18 Å². The molecule has 35 heavy (non-hydrogen) atoms. The van der Waals surface area contributed by atoms with Gasteiger partial charge in [0.2, 0.25) is 0 Å². The maximum atomic E-state index is 13.2. The largest absolute Gasteiger partial charge is 0.457 e. The van der Waals surface area contributed by atoms with Crippen LogP contribution in [-0.2, 0) is 20.1 Å². The molecule has 7 heteroatoms. The van der Waals surface area contributed by atoms with Crippen LogP contribution in [0.3, 0.4) is 0 Å². The molecular weight excluding hydrogens is 453 g/mol. The van der Waals surface area contributed by atoms with Gasteiger partial charge in [0.15, 0.2) is 6.10 Å². The summed E-state index contributed by atoms with van der Waals surface area (Å²) in [5, 5.41) is 9.81. The van der Waals surface area contributed by atoms with E-state index in [-0.39, 0.29) is 13.1 Å². The first kappa shape index (κ1) is 24.6. The lowest BCUT2D eigenvalue weighted by Crippen LogP contribution is -2.40. The minimum absolute atomic E-state index is 0.216. The van der Waals surface area contributed by atoms with Crippen molar-refractivity contribution in [3.05, 3.63) is 108 Å². The summed E-state index contributed by atoms with van der Waals surface area (Å²) in [4.78, 5) is 1.60. The highest BCUT2D eigenvalue weighted by Crippen LogP contribution is 2.26. The van der Waals surface area contributed by atoms with Crippen molar-refractivity contribution in [1.29, 1.82) is 0 Å². The van der Waals surface area contributed by atoms with E-state index in [9.17, 15) is 18.3 Å². The number of hydrogen-bond donors (Lipinski definition) is 1. The first-order valence-corrected chi connectivity index (χ1v) is 11.3. The molecule has 0 bridgehead atoms. The Hall–Kier alpha value is -3.55. The summed E-state index contributed by atoms with van der Waals surface area (Å²) in [6, 6.07) is 28.2. The molecular formula is C28H27F3N2O2. The molecule has 4 nitrogen and oxygen atoms in total. The fraction of sp³-hybridized carbons (Fsp3) is 0.214. The number of benzene rings is 3. The summed E-state index contributed by atoms with van der Waals surface area (Å²) in [7, 11) is 1.94. The van der Waals surface area contributed by atoms with E-state index in [2.05, 4.69) is 0 Å². The third-order valence-electron chi connectivity index (χ3n) is 5.67. The second-order valence-electron chi connectivity index (χ2n) is 8.49. The summed E-state index contributed by atoms with van der Waals surface area (Å²) >= 11 is 0. The Morgan fingerprint density at radius 2 is 1.49 bits per heavy atom. The predicted octanol–water partition coefficient (Wildman–Crippen LogP) is 6.41. The number of para-hydroxylation sites is 1. The van der Waals surface area contributed by atoms with Crippen molar-refractivity contribution in [2.45, 2.75) is 25.4 Å². The van der Waals surface area contributed by atoms with Gasteiger partial charge in [-0.3, -0.25) is 4.90 Å². The lowest BCUT2D eigenvalue weighted by atomic mass is 10.1. The summed E-state index contributed by atoms with van der Waals surface area (Å²) in [5.74, 6) is 1.27. The highest BCUT2D eigenvalue weighted by molar-refractivity contribution is 5.61. The lowest BCUT2D eigenvalue weighted by Gasteiger charge is -2.26. The minimum Gasteiger partial charge on any atom is -0.457 e. The summed E-state index contributed by atoms with van der Waals surface area (Å²) in [6.45, 7) is -0.0790. The molecule has 1 unspecified atom stereocenters. The third kappa shape index (κ3) is 6.74. The molecule has 0 aliphatic carbocycles. The van der Waals surface area contributed by atoms with Crippen LogP contribution in [0.25, 0.3) is 11.3 Å². The number of alkyl halides is 3. The molecule has 1 heterocycles. The maximum absolute atomic E-state index is 13.2. The fourth-order valence-electron chi connectivity index (χ4n) is 3.97. The van der Waals surface area contributed by atoms with Crippen molar-refractivity contribution in [3.8, 4) is 22.8 Å². The van der Waals surface area contributed by atoms with Gasteiger partial charge in [-0.25, -0.2) is 0 Å². The van der Waals surface area contributed by atoms with Gasteiger partial charge in [0.05, 0.1) is 0 Å². The van der Waals surface area contributed by atoms with Crippen LogP contribution >= 0.6 is 0 Å². The van der Waals surface area contributed by atoms with E-state index in [4.69, 9.17) is 4.74 Å². The molecule has 4 rings (SSSR count). The van der Waals surface area contributed by atoms with Crippen LogP contribution in [0.15, 0.2) is 97.2 Å². The van der Waals surface area contributed by atoms with Gasteiger partial charge in [-0.1, -0.05) is 48.5 Å². The summed E-state index contributed by atoms with van der Waals surface area (Å²) in [5.41, 5.74) is 3.63. The zero-order chi connectivity index (χ0) is 24.8. The molecule has 3 aromatic carbocycles. The first-order valence-electron chi connectivity index (χ1n) is 11.3. The van der Waals surface area contributed by atoms with E-state index in [0.29, 0.717) is 11.5 Å². The summed E-state index contributed by atoms with van der Waals surface area (Å²) < 4.78 is 47.4. The van der Waals surface area contributed by atoms with Gasteiger partial charge in [-0.2, -0.15) is 13.2 Å². The van der Waals surface area contributed by atoms with E-state index in [1.165, 1.54) is 0 Å². The molecule has 0 spiro atoms. The molecule has 1 N–H and O–H groups in total. The van der Waals surface area contributed by atoms with Crippen LogP contribution in [0.4, 0.5) is 13.2 Å². The topological polar surface area (TPSA) is 37.6 Å². The number of halogens is 3. The first-order chi connectivity index (χ1) is 16.8. The predicted molar refractivity (Wildman–Crippen MR) is 130 cm³/mol. The fourth-order valence-corrected chi connectivity index (χ4v) is 3.97. The monoisotopic (exact) mass is 480 g/mol. The number of aryl methyl sites for hydroxylation is 1. The molecule has 182 valence electrons. The normalized spacial score (nSPS) is 12.6. The Morgan fingerprint density at radius 3 is 2.14 bits per heavy atom. The highest BCUT2D eigenvalue weighted by Gasteiger charge is 2.39. The molecule has 0 fully saturated rings. The Morgan fingerprint density at radius 1 is 0.829 bits per heavy atom. The highest BCUT2D eigenvalue weighted by atomic mass is 19.4.